The maximum absolute atomic E-state index is 11.6. The molecule has 84 valence electrons. The Kier molecular flexibility index (Phi) is 1.82. The summed E-state index contributed by atoms with van der Waals surface area (Å²) in [6, 6.07) is 5.43. The Labute approximate surface area is 94.0 Å². The van der Waals surface area contributed by atoms with Crippen LogP contribution in [0.2, 0.25) is 0 Å². The van der Waals surface area contributed by atoms with E-state index in [-0.39, 0.29) is 23.1 Å². The summed E-state index contributed by atoms with van der Waals surface area (Å²) in [5.74, 6) is 0.213. The Balaban J connectivity index is 1.84. The van der Waals surface area contributed by atoms with Gasteiger partial charge in [0.05, 0.1) is 12.5 Å². The molecule has 0 unspecified atom stereocenters. The minimum Gasteiger partial charge on any atom is -0.508 e. The van der Waals surface area contributed by atoms with E-state index in [9.17, 15) is 9.90 Å². The third kappa shape index (κ3) is 1.11. The van der Waals surface area contributed by atoms with E-state index in [2.05, 4.69) is 0 Å². The van der Waals surface area contributed by atoms with E-state index in [1.165, 1.54) is 5.56 Å². The lowest BCUT2D eigenvalue weighted by atomic mass is 9.73. The van der Waals surface area contributed by atoms with Crippen LogP contribution in [0, 0.1) is 5.92 Å². The molecule has 0 aliphatic heterocycles. The fourth-order valence-electron chi connectivity index (χ4n) is 2.86. The van der Waals surface area contributed by atoms with Crippen molar-refractivity contribution in [3.8, 4) is 5.75 Å². The molecule has 3 nitrogen and oxygen atoms in total. The number of benzene rings is 1. The molecule has 1 aromatic rings. The zero-order valence-electron chi connectivity index (χ0n) is 9.19. The summed E-state index contributed by atoms with van der Waals surface area (Å²) < 4.78 is 5.04. The van der Waals surface area contributed by atoms with E-state index in [1.807, 2.05) is 13.0 Å². The standard InChI is InChI=1S/C13H14O3/c1-2-16-12(15)11-7-13(11)6-8-3-4-9(14)5-10(8)13/h3-5,11,14H,2,6-7H2,1H3/t11-,13+/m0/s1. The number of ether oxygens (including phenoxy) is 1. The van der Waals surface area contributed by atoms with Crippen molar-refractivity contribution in [1.29, 1.82) is 0 Å². The topological polar surface area (TPSA) is 46.5 Å². The van der Waals surface area contributed by atoms with Gasteiger partial charge in [0.25, 0.3) is 0 Å². The second-order valence-electron chi connectivity index (χ2n) is 4.68. The number of carbonyl (C=O) groups excluding carboxylic acids is 1. The molecule has 2 aliphatic rings. The highest BCUT2D eigenvalue weighted by atomic mass is 16.5. The van der Waals surface area contributed by atoms with Crippen molar-refractivity contribution in [3.05, 3.63) is 29.3 Å². The van der Waals surface area contributed by atoms with Gasteiger partial charge in [-0.2, -0.15) is 0 Å². The van der Waals surface area contributed by atoms with E-state index in [4.69, 9.17) is 4.74 Å². The third-order valence-electron chi connectivity index (χ3n) is 3.78. The molecule has 2 aliphatic carbocycles. The van der Waals surface area contributed by atoms with Crippen molar-refractivity contribution in [2.75, 3.05) is 6.61 Å². The summed E-state index contributed by atoms with van der Waals surface area (Å²) in [5, 5.41) is 9.44. The lowest BCUT2D eigenvalue weighted by Crippen LogP contribution is -2.29. The minimum absolute atomic E-state index is 0.000324. The molecule has 0 heterocycles. The van der Waals surface area contributed by atoms with Gasteiger partial charge in [0.15, 0.2) is 0 Å². The maximum Gasteiger partial charge on any atom is 0.309 e. The minimum atomic E-state index is -0.0866. The molecular weight excluding hydrogens is 204 g/mol. The second kappa shape index (κ2) is 3.00. The Morgan fingerprint density at radius 1 is 1.62 bits per heavy atom. The number of rotatable bonds is 2. The van der Waals surface area contributed by atoms with Crippen LogP contribution in [0.25, 0.3) is 0 Å². The lowest BCUT2D eigenvalue weighted by Gasteiger charge is -2.31. The molecule has 0 aromatic heterocycles. The van der Waals surface area contributed by atoms with Gasteiger partial charge in [-0.1, -0.05) is 6.07 Å². The van der Waals surface area contributed by atoms with Crippen LogP contribution < -0.4 is 0 Å². The maximum atomic E-state index is 11.6. The van der Waals surface area contributed by atoms with Gasteiger partial charge in [0.1, 0.15) is 5.75 Å². The Bertz CT molecular complexity index is 466. The summed E-state index contributed by atoms with van der Waals surface area (Å²) in [7, 11) is 0. The first-order valence-corrected chi connectivity index (χ1v) is 5.66. The summed E-state index contributed by atoms with van der Waals surface area (Å²) in [6.45, 7) is 2.27. The Morgan fingerprint density at radius 3 is 3.19 bits per heavy atom. The number of phenolic OH excluding ortho intramolecular Hbond substituents is 1. The SMILES string of the molecule is CCOC(=O)[C@@H]1C[C@@]12Cc1ccc(O)cc12. The molecule has 3 rings (SSSR count). The molecule has 0 saturated heterocycles. The van der Waals surface area contributed by atoms with Gasteiger partial charge in [-0.3, -0.25) is 4.79 Å². The highest BCUT2D eigenvalue weighted by Crippen LogP contribution is 2.64. The van der Waals surface area contributed by atoms with E-state index in [1.54, 1.807) is 12.1 Å². The number of hydrogen-bond donors (Lipinski definition) is 1. The number of fused-ring (bicyclic) bond motifs is 2. The number of hydrogen-bond acceptors (Lipinski definition) is 3. The van der Waals surface area contributed by atoms with Crippen LogP contribution >= 0.6 is 0 Å². The average Bonchev–Trinajstić information content (AvgIpc) is 2.98. The fraction of sp³-hybridized carbons (Fsp3) is 0.462. The third-order valence-corrected chi connectivity index (χ3v) is 3.78. The van der Waals surface area contributed by atoms with Crippen molar-refractivity contribution in [1.82, 2.24) is 0 Å². The van der Waals surface area contributed by atoms with Crippen molar-refractivity contribution in [2.24, 2.45) is 5.92 Å². The second-order valence-corrected chi connectivity index (χ2v) is 4.68. The van der Waals surface area contributed by atoms with Crippen LogP contribution in [-0.4, -0.2) is 17.7 Å². The van der Waals surface area contributed by atoms with E-state index in [0.29, 0.717) is 6.61 Å². The normalized spacial score (nSPS) is 29.4. The molecule has 16 heavy (non-hydrogen) atoms. The molecule has 2 atom stereocenters. The number of esters is 1. The molecule has 0 radical (unpaired) electrons. The predicted octanol–water partition coefficient (Wildman–Crippen LogP) is 1.77. The van der Waals surface area contributed by atoms with Crippen molar-refractivity contribution in [2.45, 2.75) is 25.2 Å². The first-order valence-electron chi connectivity index (χ1n) is 5.66. The van der Waals surface area contributed by atoms with Gasteiger partial charge >= 0.3 is 5.97 Å². The Hall–Kier alpha value is -1.51. The van der Waals surface area contributed by atoms with Crippen molar-refractivity contribution in [3.63, 3.8) is 0 Å². The summed E-state index contributed by atoms with van der Waals surface area (Å²) in [6.07, 6.45) is 1.83. The van der Waals surface area contributed by atoms with Crippen molar-refractivity contribution >= 4 is 5.97 Å². The van der Waals surface area contributed by atoms with Gasteiger partial charge < -0.3 is 9.84 Å². The van der Waals surface area contributed by atoms with Crippen LogP contribution in [-0.2, 0) is 21.4 Å². The van der Waals surface area contributed by atoms with Crippen LogP contribution in [0.1, 0.15) is 24.5 Å². The quantitative estimate of drug-likeness (QED) is 0.769. The molecule has 1 fully saturated rings. The highest BCUT2D eigenvalue weighted by Gasteiger charge is 2.65. The molecule has 1 spiro atoms. The smallest absolute Gasteiger partial charge is 0.309 e. The van der Waals surface area contributed by atoms with Crippen LogP contribution in [0.15, 0.2) is 18.2 Å². The van der Waals surface area contributed by atoms with E-state index in [0.717, 1.165) is 18.4 Å². The molecule has 1 aromatic carbocycles. The largest absolute Gasteiger partial charge is 0.508 e. The highest BCUT2D eigenvalue weighted by molar-refractivity contribution is 5.81. The molecule has 0 amide bonds. The zero-order chi connectivity index (χ0) is 11.3. The molecule has 1 N–H and O–H groups in total. The summed E-state index contributed by atoms with van der Waals surface area (Å²) in [5.41, 5.74) is 2.40. The molecule has 3 heteroatoms. The van der Waals surface area contributed by atoms with E-state index >= 15 is 0 Å². The van der Waals surface area contributed by atoms with Gasteiger partial charge in [-0.05, 0) is 43.0 Å². The first-order chi connectivity index (χ1) is 7.67. The number of carbonyl (C=O) groups is 1. The van der Waals surface area contributed by atoms with Gasteiger partial charge in [0, 0.05) is 5.41 Å². The van der Waals surface area contributed by atoms with Crippen LogP contribution in [0.4, 0.5) is 0 Å². The van der Waals surface area contributed by atoms with Gasteiger partial charge in [-0.15, -0.1) is 0 Å². The van der Waals surface area contributed by atoms with Gasteiger partial charge in [0.2, 0.25) is 0 Å². The summed E-state index contributed by atoms with van der Waals surface area (Å²) in [4.78, 5) is 11.6. The summed E-state index contributed by atoms with van der Waals surface area (Å²) >= 11 is 0. The molecular formula is C13H14O3. The van der Waals surface area contributed by atoms with Gasteiger partial charge in [-0.25, -0.2) is 0 Å². The fourth-order valence-corrected chi connectivity index (χ4v) is 2.86. The Morgan fingerprint density at radius 2 is 2.44 bits per heavy atom. The van der Waals surface area contributed by atoms with Crippen molar-refractivity contribution < 1.29 is 14.6 Å². The van der Waals surface area contributed by atoms with Crippen LogP contribution in [0.5, 0.6) is 5.75 Å². The number of aromatic hydroxyl groups is 1. The average molecular weight is 218 g/mol. The van der Waals surface area contributed by atoms with E-state index < -0.39 is 0 Å². The zero-order valence-corrected chi connectivity index (χ0v) is 9.19. The van der Waals surface area contributed by atoms with Crippen LogP contribution in [0.3, 0.4) is 0 Å². The molecule has 0 bridgehead atoms. The monoisotopic (exact) mass is 218 g/mol. The predicted molar refractivity (Wildman–Crippen MR) is 58.2 cm³/mol. The molecule has 1 saturated carbocycles. The first kappa shape index (κ1) is 9.70. The lowest BCUT2D eigenvalue weighted by molar-refractivity contribution is -0.145. The number of phenols is 1.